The quantitative estimate of drug-likeness (QED) is 0.886. The fourth-order valence-corrected chi connectivity index (χ4v) is 2.64. The van der Waals surface area contributed by atoms with Gasteiger partial charge in [0.1, 0.15) is 5.01 Å². The Labute approximate surface area is 106 Å². The third kappa shape index (κ3) is 2.66. The van der Waals surface area contributed by atoms with E-state index in [2.05, 4.69) is 40.6 Å². The van der Waals surface area contributed by atoms with Crippen LogP contribution in [0.5, 0.6) is 0 Å². The molecule has 1 atom stereocenters. The molecule has 1 N–H and O–H groups in total. The largest absolute Gasteiger partial charge is 0.353 e. The SMILES string of the molecule is CCC(c1nccs1)n1ccnc1NC(C)C. The Balaban J connectivity index is 2.28. The molecular formula is C12H18N4S. The maximum absolute atomic E-state index is 4.41. The molecule has 5 heteroatoms. The highest BCUT2D eigenvalue weighted by atomic mass is 32.1. The maximum Gasteiger partial charge on any atom is 0.203 e. The summed E-state index contributed by atoms with van der Waals surface area (Å²) in [5.74, 6) is 0.919. The van der Waals surface area contributed by atoms with Gasteiger partial charge in [-0.3, -0.25) is 0 Å². The van der Waals surface area contributed by atoms with Crippen molar-refractivity contribution in [2.45, 2.75) is 39.3 Å². The molecule has 0 spiro atoms. The Morgan fingerprint density at radius 2 is 2.18 bits per heavy atom. The number of thiazole rings is 1. The molecule has 0 bridgehead atoms. The lowest BCUT2D eigenvalue weighted by atomic mass is 10.2. The van der Waals surface area contributed by atoms with Gasteiger partial charge in [0.2, 0.25) is 5.95 Å². The van der Waals surface area contributed by atoms with E-state index in [0.717, 1.165) is 17.4 Å². The minimum atomic E-state index is 0.277. The van der Waals surface area contributed by atoms with Crippen LogP contribution < -0.4 is 5.32 Å². The van der Waals surface area contributed by atoms with E-state index < -0.39 is 0 Å². The van der Waals surface area contributed by atoms with Crippen molar-refractivity contribution in [1.82, 2.24) is 14.5 Å². The fraction of sp³-hybridized carbons (Fsp3) is 0.500. The maximum atomic E-state index is 4.41. The van der Waals surface area contributed by atoms with E-state index in [-0.39, 0.29) is 6.04 Å². The molecule has 2 rings (SSSR count). The van der Waals surface area contributed by atoms with Crippen molar-refractivity contribution in [2.24, 2.45) is 0 Å². The van der Waals surface area contributed by atoms with E-state index >= 15 is 0 Å². The Bertz CT molecular complexity index is 447. The minimum Gasteiger partial charge on any atom is -0.353 e. The summed E-state index contributed by atoms with van der Waals surface area (Å²) in [6.07, 6.45) is 6.72. The molecule has 2 heterocycles. The lowest BCUT2D eigenvalue weighted by Crippen LogP contribution is -2.17. The molecule has 2 aromatic rings. The Morgan fingerprint density at radius 1 is 1.35 bits per heavy atom. The van der Waals surface area contributed by atoms with Gasteiger partial charge in [-0.25, -0.2) is 9.97 Å². The molecule has 0 fully saturated rings. The molecule has 0 saturated heterocycles. The van der Waals surface area contributed by atoms with Crippen LogP contribution in [-0.4, -0.2) is 20.6 Å². The second kappa shape index (κ2) is 5.31. The van der Waals surface area contributed by atoms with Gasteiger partial charge in [0.25, 0.3) is 0 Å². The highest BCUT2D eigenvalue weighted by molar-refractivity contribution is 7.09. The third-order valence-electron chi connectivity index (χ3n) is 2.55. The molecule has 2 aromatic heterocycles. The average Bonchev–Trinajstić information content (AvgIpc) is 2.91. The topological polar surface area (TPSA) is 42.7 Å². The van der Waals surface area contributed by atoms with E-state index in [1.165, 1.54) is 0 Å². The molecule has 0 saturated carbocycles. The lowest BCUT2D eigenvalue weighted by Gasteiger charge is -2.18. The van der Waals surface area contributed by atoms with Gasteiger partial charge in [0.05, 0.1) is 6.04 Å². The standard InChI is InChI=1S/C12H18N4S/c1-4-10(11-13-6-8-17-11)16-7-5-14-12(16)15-9(2)3/h5-10H,4H2,1-3H3,(H,14,15). The van der Waals surface area contributed by atoms with Crippen molar-refractivity contribution in [3.05, 3.63) is 29.0 Å². The average molecular weight is 250 g/mol. The zero-order chi connectivity index (χ0) is 12.3. The van der Waals surface area contributed by atoms with Crippen molar-refractivity contribution in [1.29, 1.82) is 0 Å². The van der Waals surface area contributed by atoms with Crippen molar-refractivity contribution in [2.75, 3.05) is 5.32 Å². The van der Waals surface area contributed by atoms with Crippen LogP contribution in [0.2, 0.25) is 0 Å². The van der Waals surface area contributed by atoms with Crippen LogP contribution in [0.4, 0.5) is 5.95 Å². The van der Waals surface area contributed by atoms with E-state index in [1.54, 1.807) is 11.3 Å². The molecule has 0 aromatic carbocycles. The van der Waals surface area contributed by atoms with Crippen LogP contribution in [0, 0.1) is 0 Å². The molecule has 0 amide bonds. The zero-order valence-electron chi connectivity index (χ0n) is 10.4. The first-order valence-electron chi connectivity index (χ1n) is 5.91. The van der Waals surface area contributed by atoms with E-state index in [9.17, 15) is 0 Å². The smallest absolute Gasteiger partial charge is 0.203 e. The van der Waals surface area contributed by atoms with Gasteiger partial charge in [-0.05, 0) is 20.3 Å². The van der Waals surface area contributed by atoms with Gasteiger partial charge in [0.15, 0.2) is 0 Å². The summed E-state index contributed by atoms with van der Waals surface area (Å²) in [5, 5.41) is 6.51. The number of imidazole rings is 1. The van der Waals surface area contributed by atoms with Gasteiger partial charge in [-0.15, -0.1) is 11.3 Å². The second-order valence-corrected chi connectivity index (χ2v) is 5.18. The van der Waals surface area contributed by atoms with Gasteiger partial charge in [0, 0.05) is 30.0 Å². The van der Waals surface area contributed by atoms with Crippen LogP contribution in [0.15, 0.2) is 24.0 Å². The summed E-state index contributed by atoms with van der Waals surface area (Å²) in [6, 6.07) is 0.656. The molecule has 92 valence electrons. The third-order valence-corrected chi connectivity index (χ3v) is 3.42. The minimum absolute atomic E-state index is 0.277. The summed E-state index contributed by atoms with van der Waals surface area (Å²) in [7, 11) is 0. The Hall–Kier alpha value is -1.36. The van der Waals surface area contributed by atoms with E-state index in [0.29, 0.717) is 6.04 Å². The first-order chi connectivity index (χ1) is 8.22. The molecule has 0 aliphatic heterocycles. The highest BCUT2D eigenvalue weighted by Crippen LogP contribution is 2.26. The number of aromatic nitrogens is 3. The highest BCUT2D eigenvalue weighted by Gasteiger charge is 2.17. The predicted octanol–water partition coefficient (Wildman–Crippen LogP) is 3.16. The molecule has 0 radical (unpaired) electrons. The van der Waals surface area contributed by atoms with Gasteiger partial charge in [-0.2, -0.15) is 0 Å². The number of anilines is 1. The van der Waals surface area contributed by atoms with Crippen LogP contribution >= 0.6 is 11.3 Å². The number of hydrogen-bond donors (Lipinski definition) is 1. The normalized spacial score (nSPS) is 12.9. The monoisotopic (exact) mass is 250 g/mol. The Morgan fingerprint density at radius 3 is 2.76 bits per heavy atom. The van der Waals surface area contributed by atoms with Crippen LogP contribution in [0.1, 0.15) is 38.2 Å². The molecule has 0 aliphatic carbocycles. The zero-order valence-corrected chi connectivity index (χ0v) is 11.2. The van der Waals surface area contributed by atoms with Gasteiger partial charge >= 0.3 is 0 Å². The van der Waals surface area contributed by atoms with E-state index in [4.69, 9.17) is 0 Å². The first-order valence-corrected chi connectivity index (χ1v) is 6.79. The summed E-state index contributed by atoms with van der Waals surface area (Å²) in [6.45, 7) is 6.40. The Kier molecular flexibility index (Phi) is 3.78. The lowest BCUT2D eigenvalue weighted by molar-refractivity contribution is 0.565. The van der Waals surface area contributed by atoms with Crippen LogP contribution in [0.3, 0.4) is 0 Å². The van der Waals surface area contributed by atoms with Crippen LogP contribution in [-0.2, 0) is 0 Å². The van der Waals surface area contributed by atoms with Crippen molar-refractivity contribution < 1.29 is 0 Å². The molecule has 17 heavy (non-hydrogen) atoms. The predicted molar refractivity (Wildman–Crippen MR) is 71.5 cm³/mol. The summed E-state index contributed by atoms with van der Waals surface area (Å²) < 4.78 is 2.17. The number of rotatable bonds is 5. The summed E-state index contributed by atoms with van der Waals surface area (Å²) in [4.78, 5) is 8.77. The molecule has 0 aliphatic rings. The first kappa shape index (κ1) is 12.1. The number of nitrogens with zero attached hydrogens (tertiary/aromatic N) is 3. The number of nitrogens with one attached hydrogen (secondary N) is 1. The van der Waals surface area contributed by atoms with Crippen molar-refractivity contribution in [3.8, 4) is 0 Å². The summed E-state index contributed by atoms with van der Waals surface area (Å²) in [5.41, 5.74) is 0. The summed E-state index contributed by atoms with van der Waals surface area (Å²) >= 11 is 1.69. The van der Waals surface area contributed by atoms with Gasteiger partial charge < -0.3 is 9.88 Å². The van der Waals surface area contributed by atoms with Crippen molar-refractivity contribution >= 4 is 17.3 Å². The molecule has 1 unspecified atom stereocenters. The second-order valence-electron chi connectivity index (χ2n) is 4.25. The molecule has 4 nitrogen and oxygen atoms in total. The van der Waals surface area contributed by atoms with Crippen molar-refractivity contribution in [3.63, 3.8) is 0 Å². The van der Waals surface area contributed by atoms with E-state index in [1.807, 2.05) is 24.0 Å². The van der Waals surface area contributed by atoms with Crippen LogP contribution in [0.25, 0.3) is 0 Å². The molecular weight excluding hydrogens is 232 g/mol. The number of hydrogen-bond acceptors (Lipinski definition) is 4. The fourth-order valence-electron chi connectivity index (χ4n) is 1.82. The van der Waals surface area contributed by atoms with Gasteiger partial charge in [-0.1, -0.05) is 6.92 Å².